The molecule has 0 aliphatic rings. The van der Waals surface area contributed by atoms with Gasteiger partial charge < -0.3 is 4.18 Å². The molecule has 1 N–H and O–H groups in total. The third-order valence-corrected chi connectivity index (χ3v) is 0.247. The summed E-state index contributed by atoms with van der Waals surface area (Å²) in [6.07, 6.45) is 0. The van der Waals surface area contributed by atoms with E-state index in [1.807, 2.05) is 0 Å². The van der Waals surface area contributed by atoms with Gasteiger partial charge in [-0.25, -0.2) is 0 Å². The predicted molar refractivity (Wildman–Crippen MR) is 17.4 cm³/mol. The molecular formula is CH2O3S. The Balaban J connectivity index is 2.40. The average Bonchev–Trinajstić information content (AvgIpc) is 1.41. The molecule has 0 heterocycles. The normalized spacial score (nSPS) is 6.60. The van der Waals surface area contributed by atoms with Crippen molar-refractivity contribution in [3.8, 4) is 0 Å². The molecule has 5 heavy (non-hydrogen) atoms. The van der Waals surface area contributed by atoms with Gasteiger partial charge in [0.05, 0.1) is 0 Å². The molecule has 0 saturated carbocycles. The highest BCUT2D eigenvalue weighted by atomic mass is 32.2. The summed E-state index contributed by atoms with van der Waals surface area (Å²) in [6.45, 7) is 0.144. The highest BCUT2D eigenvalue weighted by molar-refractivity contribution is 7.89. The maximum atomic E-state index is 9.00. The number of hydrogen-bond acceptors (Lipinski definition) is 4. The fourth-order valence-electron chi connectivity index (χ4n) is 0.0176. The quantitative estimate of drug-likeness (QED) is 0.394. The first kappa shape index (κ1) is 4.78. The SMILES string of the molecule is O=COSO. The highest BCUT2D eigenvalue weighted by Crippen LogP contribution is 1.84. The molecule has 30 valence electrons. The van der Waals surface area contributed by atoms with Gasteiger partial charge in [0.15, 0.2) is 0 Å². The monoisotopic (exact) mass is 94.0 g/mol. The molecule has 0 aliphatic heterocycles. The standard InChI is InChI=1S/CH2O3S/c2-1-4-5-3/h1,3H. The Hall–Kier alpha value is -0.220. The van der Waals surface area contributed by atoms with E-state index in [0.29, 0.717) is 0 Å². The summed E-state index contributed by atoms with van der Waals surface area (Å²) >= 11 is 0.0336. The maximum absolute atomic E-state index is 9.00. The van der Waals surface area contributed by atoms with Gasteiger partial charge in [-0.1, -0.05) is 0 Å². The summed E-state index contributed by atoms with van der Waals surface area (Å²) in [6, 6.07) is 0. The zero-order valence-corrected chi connectivity index (χ0v) is 3.07. The maximum Gasteiger partial charge on any atom is 0.307 e. The van der Waals surface area contributed by atoms with E-state index in [2.05, 4.69) is 4.18 Å². The summed E-state index contributed by atoms with van der Waals surface area (Å²) in [5.74, 6) is 0. The van der Waals surface area contributed by atoms with E-state index in [9.17, 15) is 0 Å². The van der Waals surface area contributed by atoms with Crippen LogP contribution in [0.15, 0.2) is 0 Å². The van der Waals surface area contributed by atoms with E-state index >= 15 is 0 Å². The van der Waals surface area contributed by atoms with Gasteiger partial charge in [0.2, 0.25) is 12.3 Å². The van der Waals surface area contributed by atoms with E-state index in [1.54, 1.807) is 0 Å². The van der Waals surface area contributed by atoms with Crippen molar-refractivity contribution in [2.75, 3.05) is 0 Å². The molecule has 0 fully saturated rings. The molecule has 0 aromatic carbocycles. The lowest BCUT2D eigenvalue weighted by Gasteiger charge is -1.74. The van der Waals surface area contributed by atoms with Crippen molar-refractivity contribution >= 4 is 18.8 Å². The van der Waals surface area contributed by atoms with E-state index < -0.39 is 0 Å². The summed E-state index contributed by atoms with van der Waals surface area (Å²) in [4.78, 5) is 9.00. The Kier molecular flexibility index (Phi) is 3.61. The first-order chi connectivity index (χ1) is 2.41. The molecule has 4 heteroatoms. The zero-order valence-electron chi connectivity index (χ0n) is 2.25. The second-order valence-corrected chi connectivity index (χ2v) is 0.609. The van der Waals surface area contributed by atoms with Crippen LogP contribution in [0.5, 0.6) is 0 Å². The van der Waals surface area contributed by atoms with Crippen LogP contribution < -0.4 is 0 Å². The Morgan fingerprint density at radius 3 is 2.60 bits per heavy atom. The molecule has 0 rings (SSSR count). The molecule has 0 aliphatic carbocycles. The molecule has 0 saturated heterocycles. The van der Waals surface area contributed by atoms with Crippen LogP contribution in [0.1, 0.15) is 0 Å². The molecule has 0 unspecified atom stereocenters. The van der Waals surface area contributed by atoms with E-state index in [4.69, 9.17) is 9.35 Å². The van der Waals surface area contributed by atoms with Crippen LogP contribution in [0.4, 0.5) is 0 Å². The minimum Gasteiger partial charge on any atom is -0.367 e. The lowest BCUT2D eigenvalue weighted by Crippen LogP contribution is -1.66. The smallest absolute Gasteiger partial charge is 0.307 e. The molecule has 3 nitrogen and oxygen atoms in total. The number of carbonyl (C=O) groups is 1. The molecule has 0 amide bonds. The first-order valence-electron chi connectivity index (χ1n) is 0.821. The van der Waals surface area contributed by atoms with Crippen LogP contribution in [0.3, 0.4) is 0 Å². The Morgan fingerprint density at radius 2 is 2.60 bits per heavy atom. The van der Waals surface area contributed by atoms with Crippen LogP contribution in [-0.2, 0) is 8.98 Å². The van der Waals surface area contributed by atoms with Crippen molar-refractivity contribution in [3.05, 3.63) is 0 Å². The third-order valence-electron chi connectivity index (χ3n) is 0.0823. The fraction of sp³-hybridized carbons (Fsp3) is 0. The van der Waals surface area contributed by atoms with Crippen LogP contribution >= 0.6 is 12.3 Å². The van der Waals surface area contributed by atoms with Crippen LogP contribution in [0, 0.1) is 0 Å². The Morgan fingerprint density at radius 1 is 2.00 bits per heavy atom. The Bertz CT molecular complexity index is 28.1. The fourth-order valence-corrected chi connectivity index (χ4v) is 0.0527. The van der Waals surface area contributed by atoms with Crippen molar-refractivity contribution in [1.82, 2.24) is 0 Å². The summed E-state index contributed by atoms with van der Waals surface area (Å²) in [7, 11) is 0. The van der Waals surface area contributed by atoms with Gasteiger partial charge in [-0.3, -0.25) is 9.35 Å². The van der Waals surface area contributed by atoms with E-state index in [0.717, 1.165) is 0 Å². The summed E-state index contributed by atoms with van der Waals surface area (Å²) < 4.78 is 11.2. The molecule has 0 radical (unpaired) electrons. The van der Waals surface area contributed by atoms with Gasteiger partial charge in [-0.2, -0.15) is 0 Å². The van der Waals surface area contributed by atoms with Crippen LogP contribution in [0.2, 0.25) is 0 Å². The van der Waals surface area contributed by atoms with Gasteiger partial charge in [0, 0.05) is 0 Å². The zero-order chi connectivity index (χ0) is 4.12. The predicted octanol–water partition coefficient (Wildman–Crippen LogP) is 0.281. The molecule has 0 aromatic rings. The molecule has 0 atom stereocenters. The highest BCUT2D eigenvalue weighted by Gasteiger charge is 1.65. The lowest BCUT2D eigenvalue weighted by molar-refractivity contribution is -0.119. The second kappa shape index (κ2) is 3.78. The minimum atomic E-state index is 0.0336. The van der Waals surface area contributed by atoms with Gasteiger partial charge >= 0.3 is 6.47 Å². The Labute approximate surface area is 33.3 Å². The number of hydrogen-bond donors (Lipinski definition) is 1. The van der Waals surface area contributed by atoms with Gasteiger partial charge in [-0.05, 0) is 0 Å². The molecule has 0 bridgehead atoms. The molecular weight excluding hydrogens is 92.1 g/mol. The largest absolute Gasteiger partial charge is 0.367 e. The van der Waals surface area contributed by atoms with Crippen LogP contribution in [0.25, 0.3) is 0 Å². The average molecular weight is 94.1 g/mol. The second-order valence-electron chi connectivity index (χ2n) is 0.267. The summed E-state index contributed by atoms with van der Waals surface area (Å²) in [5, 5.41) is 0. The first-order valence-corrected chi connectivity index (χ1v) is 1.52. The third kappa shape index (κ3) is 3.78. The minimum absolute atomic E-state index is 0.0336. The van der Waals surface area contributed by atoms with Crippen LogP contribution in [-0.4, -0.2) is 11.0 Å². The van der Waals surface area contributed by atoms with E-state index in [1.165, 1.54) is 0 Å². The van der Waals surface area contributed by atoms with Crippen molar-refractivity contribution in [2.24, 2.45) is 0 Å². The van der Waals surface area contributed by atoms with Gasteiger partial charge in [-0.15, -0.1) is 0 Å². The van der Waals surface area contributed by atoms with Crippen molar-refractivity contribution in [3.63, 3.8) is 0 Å². The van der Waals surface area contributed by atoms with Gasteiger partial charge in [0.25, 0.3) is 0 Å². The molecule has 0 spiro atoms. The number of rotatable bonds is 2. The van der Waals surface area contributed by atoms with Crippen molar-refractivity contribution in [2.45, 2.75) is 0 Å². The van der Waals surface area contributed by atoms with Gasteiger partial charge in [0.1, 0.15) is 0 Å². The molecule has 0 aromatic heterocycles. The number of carbonyl (C=O) groups excluding carboxylic acids is 1. The van der Waals surface area contributed by atoms with Crippen molar-refractivity contribution in [1.29, 1.82) is 0 Å². The lowest BCUT2D eigenvalue weighted by atomic mass is 11.7. The topological polar surface area (TPSA) is 46.5 Å². The summed E-state index contributed by atoms with van der Waals surface area (Å²) in [5.41, 5.74) is 0. The van der Waals surface area contributed by atoms with Crippen molar-refractivity contribution < 1.29 is 13.5 Å². The van der Waals surface area contributed by atoms with E-state index in [-0.39, 0.29) is 18.8 Å².